The van der Waals surface area contributed by atoms with Crippen molar-refractivity contribution in [3.8, 4) is 17.1 Å². The van der Waals surface area contributed by atoms with E-state index in [2.05, 4.69) is 15.0 Å². The third-order valence-electron chi connectivity index (χ3n) is 4.67. The summed E-state index contributed by atoms with van der Waals surface area (Å²) in [6.07, 6.45) is 8.87. The molecule has 0 radical (unpaired) electrons. The number of hydrogen-bond donors (Lipinski definition) is 0. The highest BCUT2D eigenvalue weighted by molar-refractivity contribution is 5.81. The van der Waals surface area contributed by atoms with Gasteiger partial charge in [0, 0.05) is 24.2 Å². The number of aromatic nitrogens is 6. The van der Waals surface area contributed by atoms with Crippen molar-refractivity contribution in [2.45, 2.75) is 0 Å². The minimum Gasteiger partial charge on any atom is -0.443 e. The molecule has 0 fully saturated rings. The van der Waals surface area contributed by atoms with Gasteiger partial charge in [-0.25, -0.2) is 19.9 Å². The third kappa shape index (κ3) is 2.08. The van der Waals surface area contributed by atoms with Crippen LogP contribution < -0.4 is 0 Å². The van der Waals surface area contributed by atoms with Crippen LogP contribution in [0.25, 0.3) is 44.9 Å². The van der Waals surface area contributed by atoms with Gasteiger partial charge in [-0.15, -0.1) is 0 Å². The predicted octanol–water partition coefficient (Wildman–Crippen LogP) is 3.88. The Bertz CT molecular complexity index is 1440. The van der Waals surface area contributed by atoms with E-state index in [1.54, 1.807) is 12.5 Å². The van der Waals surface area contributed by atoms with Gasteiger partial charge >= 0.3 is 0 Å². The van der Waals surface area contributed by atoms with Crippen LogP contribution in [-0.2, 0) is 0 Å². The number of hydrogen-bond acceptors (Lipinski definition) is 5. The van der Waals surface area contributed by atoms with E-state index in [1.807, 2.05) is 63.8 Å². The van der Waals surface area contributed by atoms with Gasteiger partial charge in [-0.2, -0.15) is 0 Å². The average molecular weight is 352 g/mol. The maximum absolute atomic E-state index is 5.44. The first kappa shape index (κ1) is 14.2. The molecule has 7 nitrogen and oxygen atoms in total. The van der Waals surface area contributed by atoms with Crippen molar-refractivity contribution in [3.05, 3.63) is 73.8 Å². The lowest BCUT2D eigenvalue weighted by Crippen LogP contribution is -2.02. The first-order chi connectivity index (χ1) is 13.4. The molecule has 0 N–H and O–H groups in total. The zero-order valence-corrected chi connectivity index (χ0v) is 14.0. The number of fused-ring (bicyclic) bond motifs is 3. The molecular weight excluding hydrogens is 340 g/mol. The molecule has 0 aliphatic rings. The molecular formula is C20H12N6O. The summed E-state index contributed by atoms with van der Waals surface area (Å²) in [4.78, 5) is 18.0. The van der Waals surface area contributed by atoms with Gasteiger partial charge in [-0.1, -0.05) is 18.2 Å². The molecule has 128 valence electrons. The van der Waals surface area contributed by atoms with Crippen LogP contribution in [0.2, 0.25) is 0 Å². The molecule has 0 saturated carbocycles. The average Bonchev–Trinajstić information content (AvgIpc) is 3.44. The summed E-state index contributed by atoms with van der Waals surface area (Å²) < 4.78 is 9.38. The third-order valence-corrected chi connectivity index (χ3v) is 4.67. The van der Waals surface area contributed by atoms with Crippen molar-refractivity contribution in [1.82, 2.24) is 28.9 Å². The summed E-state index contributed by atoms with van der Waals surface area (Å²) in [6.45, 7) is 0. The highest BCUT2D eigenvalue weighted by Gasteiger charge is 2.14. The number of para-hydroxylation sites is 2. The molecule has 0 unspecified atom stereocenters. The molecule has 2 aromatic carbocycles. The SMILES string of the molecule is c1ccc2c(c1)ncn2-c1nc(-c2ccc3ncoc3c2)cn2ccnc12. The van der Waals surface area contributed by atoms with E-state index in [4.69, 9.17) is 9.40 Å². The molecule has 0 spiro atoms. The first-order valence-electron chi connectivity index (χ1n) is 8.47. The van der Waals surface area contributed by atoms with Crippen LogP contribution in [0.15, 0.2) is 78.2 Å². The number of nitrogens with zero attached hydrogens (tertiary/aromatic N) is 6. The fourth-order valence-electron chi connectivity index (χ4n) is 3.36. The standard InChI is InChI=1S/C20H12N6O/c1-2-4-17-14(3-1)22-11-26(17)20-19-21-7-8-25(19)10-16(24-20)13-5-6-15-18(9-13)27-12-23-15/h1-12H. The molecule has 4 aromatic heterocycles. The minimum atomic E-state index is 0.726. The summed E-state index contributed by atoms with van der Waals surface area (Å²) in [7, 11) is 0. The fraction of sp³-hybridized carbons (Fsp3) is 0. The van der Waals surface area contributed by atoms with Gasteiger partial charge in [0.05, 0.1) is 16.7 Å². The molecule has 0 amide bonds. The van der Waals surface area contributed by atoms with E-state index in [1.165, 1.54) is 6.39 Å². The Morgan fingerprint density at radius 1 is 0.926 bits per heavy atom. The first-order valence-corrected chi connectivity index (χ1v) is 8.47. The van der Waals surface area contributed by atoms with Gasteiger partial charge in [-0.05, 0) is 24.3 Å². The van der Waals surface area contributed by atoms with Crippen LogP contribution in [0, 0.1) is 0 Å². The van der Waals surface area contributed by atoms with Crippen LogP contribution in [0.4, 0.5) is 0 Å². The number of rotatable bonds is 2. The summed E-state index contributed by atoms with van der Waals surface area (Å²) >= 11 is 0. The van der Waals surface area contributed by atoms with Gasteiger partial charge in [0.25, 0.3) is 0 Å². The van der Waals surface area contributed by atoms with Crippen LogP contribution in [0.5, 0.6) is 0 Å². The smallest absolute Gasteiger partial charge is 0.183 e. The summed E-state index contributed by atoms with van der Waals surface area (Å²) in [5, 5.41) is 0. The van der Waals surface area contributed by atoms with Crippen molar-refractivity contribution >= 4 is 27.8 Å². The second kappa shape index (κ2) is 5.25. The molecule has 0 aliphatic heterocycles. The molecule has 6 rings (SSSR count). The lowest BCUT2D eigenvalue weighted by molar-refractivity contribution is 0.602. The lowest BCUT2D eigenvalue weighted by atomic mass is 10.1. The summed E-state index contributed by atoms with van der Waals surface area (Å²) in [6, 6.07) is 13.8. The van der Waals surface area contributed by atoms with E-state index < -0.39 is 0 Å². The number of imidazole rings is 2. The lowest BCUT2D eigenvalue weighted by Gasteiger charge is -2.09. The van der Waals surface area contributed by atoms with Crippen molar-refractivity contribution in [2.24, 2.45) is 0 Å². The number of benzene rings is 2. The van der Waals surface area contributed by atoms with Crippen LogP contribution >= 0.6 is 0 Å². The molecule has 7 heteroatoms. The van der Waals surface area contributed by atoms with Crippen molar-refractivity contribution in [1.29, 1.82) is 0 Å². The highest BCUT2D eigenvalue weighted by atomic mass is 16.3. The Kier molecular flexibility index (Phi) is 2.76. The van der Waals surface area contributed by atoms with E-state index in [0.717, 1.165) is 44.9 Å². The molecule has 4 heterocycles. The van der Waals surface area contributed by atoms with E-state index >= 15 is 0 Å². The molecule has 6 aromatic rings. The second-order valence-corrected chi connectivity index (χ2v) is 6.25. The maximum atomic E-state index is 5.44. The summed E-state index contributed by atoms with van der Waals surface area (Å²) in [5.74, 6) is 0.726. The molecule has 0 atom stereocenters. The molecule has 27 heavy (non-hydrogen) atoms. The highest BCUT2D eigenvalue weighted by Crippen LogP contribution is 2.26. The van der Waals surface area contributed by atoms with Crippen LogP contribution in [-0.4, -0.2) is 28.9 Å². The minimum absolute atomic E-state index is 0.726. The van der Waals surface area contributed by atoms with Crippen LogP contribution in [0.1, 0.15) is 0 Å². The van der Waals surface area contributed by atoms with Crippen molar-refractivity contribution < 1.29 is 4.42 Å². The molecule has 0 aliphatic carbocycles. The predicted molar refractivity (Wildman–Crippen MR) is 101 cm³/mol. The van der Waals surface area contributed by atoms with Gasteiger partial charge < -0.3 is 8.82 Å². The maximum Gasteiger partial charge on any atom is 0.183 e. The largest absolute Gasteiger partial charge is 0.443 e. The molecule has 0 saturated heterocycles. The second-order valence-electron chi connectivity index (χ2n) is 6.25. The van der Waals surface area contributed by atoms with Gasteiger partial charge in [0.2, 0.25) is 0 Å². The zero-order chi connectivity index (χ0) is 17.8. The van der Waals surface area contributed by atoms with E-state index in [-0.39, 0.29) is 0 Å². The monoisotopic (exact) mass is 352 g/mol. The zero-order valence-electron chi connectivity index (χ0n) is 14.0. The Morgan fingerprint density at radius 3 is 2.89 bits per heavy atom. The topological polar surface area (TPSA) is 74.0 Å². The quantitative estimate of drug-likeness (QED) is 0.473. The Balaban J connectivity index is 1.64. The van der Waals surface area contributed by atoms with Crippen molar-refractivity contribution in [3.63, 3.8) is 0 Å². The Hall–Kier alpha value is -4.00. The van der Waals surface area contributed by atoms with Gasteiger partial charge in [0.15, 0.2) is 23.4 Å². The summed E-state index contributed by atoms with van der Waals surface area (Å²) in [5.41, 5.74) is 5.97. The number of oxazole rings is 1. The Morgan fingerprint density at radius 2 is 1.89 bits per heavy atom. The fourth-order valence-corrected chi connectivity index (χ4v) is 3.36. The van der Waals surface area contributed by atoms with Crippen molar-refractivity contribution in [2.75, 3.05) is 0 Å². The molecule has 0 bridgehead atoms. The van der Waals surface area contributed by atoms with E-state index in [9.17, 15) is 0 Å². The normalized spacial score (nSPS) is 11.7. The van der Waals surface area contributed by atoms with Gasteiger partial charge in [-0.3, -0.25) is 4.57 Å². The van der Waals surface area contributed by atoms with E-state index in [0.29, 0.717) is 0 Å². The van der Waals surface area contributed by atoms with Gasteiger partial charge in [0.1, 0.15) is 11.8 Å². The van der Waals surface area contributed by atoms with Crippen LogP contribution in [0.3, 0.4) is 0 Å². The Labute approximate surface area is 152 Å².